The molecule has 9 nitrogen and oxygen atoms in total. The highest BCUT2D eigenvalue weighted by Gasteiger charge is 2.21. The molecular weight excluding hydrogens is 366 g/mol. The Balaban J connectivity index is 1.98. The van der Waals surface area contributed by atoms with E-state index in [1.165, 1.54) is 39.0 Å². The Morgan fingerprint density at radius 2 is 1.61 bits per heavy atom. The average molecular weight is 385 g/mol. The van der Waals surface area contributed by atoms with Crippen molar-refractivity contribution in [3.05, 3.63) is 63.7 Å². The van der Waals surface area contributed by atoms with Gasteiger partial charge in [-0.25, -0.2) is 4.79 Å². The van der Waals surface area contributed by atoms with E-state index in [0.29, 0.717) is 16.9 Å². The summed E-state index contributed by atoms with van der Waals surface area (Å²) in [5, 5.41) is 16.0. The summed E-state index contributed by atoms with van der Waals surface area (Å²) < 4.78 is 5.12. The molecule has 0 aliphatic carbocycles. The van der Waals surface area contributed by atoms with Gasteiger partial charge in [-0.15, -0.1) is 0 Å². The van der Waals surface area contributed by atoms with Gasteiger partial charge in [0, 0.05) is 29.9 Å². The molecule has 0 unspecified atom stereocenters. The van der Waals surface area contributed by atoms with E-state index in [-0.39, 0.29) is 17.2 Å². The maximum Gasteiger partial charge on any atom is 0.338 e. The Bertz CT molecular complexity index is 924. The van der Waals surface area contributed by atoms with Gasteiger partial charge < -0.3 is 15.4 Å². The van der Waals surface area contributed by atoms with Gasteiger partial charge in [0.1, 0.15) is 0 Å². The van der Waals surface area contributed by atoms with Crippen LogP contribution in [0.4, 0.5) is 17.1 Å². The minimum Gasteiger partial charge on any atom is -0.449 e. The van der Waals surface area contributed by atoms with Crippen LogP contribution in [-0.2, 0) is 14.3 Å². The third-order valence-corrected chi connectivity index (χ3v) is 3.76. The molecule has 0 saturated carbocycles. The smallest absolute Gasteiger partial charge is 0.338 e. The molecule has 1 atom stereocenters. The molecule has 0 saturated heterocycles. The van der Waals surface area contributed by atoms with E-state index >= 15 is 0 Å². The molecule has 0 aromatic heterocycles. The standard InChI is InChI=1S/C19H19N3O6/c1-11-10-14(4-9-17(11)22(26)27)19(25)28-12(2)18(24)21-16-7-5-15(6-8-16)20-13(3)23/h4-10,12H,1-3H3,(H,20,23)(H,21,24)/t12-/m0/s1. The van der Waals surface area contributed by atoms with E-state index in [4.69, 9.17) is 4.74 Å². The van der Waals surface area contributed by atoms with Crippen LogP contribution in [0.1, 0.15) is 29.8 Å². The highest BCUT2D eigenvalue weighted by atomic mass is 16.6. The number of anilines is 2. The Labute approximate surface area is 160 Å². The maximum absolute atomic E-state index is 12.2. The fourth-order valence-corrected chi connectivity index (χ4v) is 2.35. The van der Waals surface area contributed by atoms with Crippen LogP contribution in [0.15, 0.2) is 42.5 Å². The van der Waals surface area contributed by atoms with Gasteiger partial charge in [-0.3, -0.25) is 19.7 Å². The molecule has 2 N–H and O–H groups in total. The number of nitro groups is 1. The van der Waals surface area contributed by atoms with E-state index in [1.54, 1.807) is 24.3 Å². The Morgan fingerprint density at radius 3 is 2.11 bits per heavy atom. The minimum absolute atomic E-state index is 0.106. The number of ether oxygens (including phenoxy) is 1. The zero-order valence-corrected chi connectivity index (χ0v) is 15.5. The van der Waals surface area contributed by atoms with Gasteiger partial charge >= 0.3 is 5.97 Å². The first-order valence-electron chi connectivity index (χ1n) is 8.32. The van der Waals surface area contributed by atoms with Gasteiger partial charge in [0.15, 0.2) is 6.10 Å². The number of nitrogens with one attached hydrogen (secondary N) is 2. The number of aryl methyl sites for hydroxylation is 1. The van der Waals surface area contributed by atoms with Crippen molar-refractivity contribution in [2.45, 2.75) is 26.9 Å². The number of hydrogen-bond donors (Lipinski definition) is 2. The molecule has 0 radical (unpaired) electrons. The third-order valence-electron chi connectivity index (χ3n) is 3.76. The Hall–Kier alpha value is -3.75. The second kappa shape index (κ2) is 8.76. The summed E-state index contributed by atoms with van der Waals surface area (Å²) >= 11 is 0. The van der Waals surface area contributed by atoms with E-state index in [2.05, 4.69) is 10.6 Å². The molecule has 2 rings (SSSR count). The normalized spacial score (nSPS) is 11.2. The van der Waals surface area contributed by atoms with Crippen LogP contribution in [0.25, 0.3) is 0 Å². The zero-order valence-electron chi connectivity index (χ0n) is 15.5. The highest BCUT2D eigenvalue weighted by molar-refractivity contribution is 5.97. The van der Waals surface area contributed by atoms with Crippen LogP contribution in [0.5, 0.6) is 0 Å². The summed E-state index contributed by atoms with van der Waals surface area (Å²) in [5.74, 6) is -1.51. The predicted molar refractivity (Wildman–Crippen MR) is 102 cm³/mol. The summed E-state index contributed by atoms with van der Waals surface area (Å²) in [6.45, 7) is 4.31. The fourth-order valence-electron chi connectivity index (χ4n) is 2.35. The number of hydrogen-bond acceptors (Lipinski definition) is 6. The maximum atomic E-state index is 12.2. The number of amides is 2. The van der Waals surface area contributed by atoms with Crippen molar-refractivity contribution in [2.75, 3.05) is 10.6 Å². The monoisotopic (exact) mass is 385 g/mol. The number of nitro benzene ring substituents is 1. The summed E-state index contributed by atoms with van der Waals surface area (Å²) in [6.07, 6.45) is -1.09. The van der Waals surface area contributed by atoms with Crippen LogP contribution < -0.4 is 10.6 Å². The number of benzene rings is 2. The molecule has 2 aromatic carbocycles. The Morgan fingerprint density at radius 1 is 1.04 bits per heavy atom. The van der Waals surface area contributed by atoms with E-state index in [9.17, 15) is 24.5 Å². The van der Waals surface area contributed by atoms with Gasteiger partial charge in [-0.2, -0.15) is 0 Å². The molecule has 0 fully saturated rings. The molecule has 0 bridgehead atoms. The van der Waals surface area contributed by atoms with Crippen LogP contribution >= 0.6 is 0 Å². The molecule has 9 heteroatoms. The second-order valence-electron chi connectivity index (χ2n) is 6.05. The molecule has 28 heavy (non-hydrogen) atoms. The van der Waals surface area contributed by atoms with E-state index in [1.807, 2.05) is 0 Å². The minimum atomic E-state index is -1.09. The largest absolute Gasteiger partial charge is 0.449 e. The molecule has 2 amide bonds. The van der Waals surface area contributed by atoms with E-state index in [0.717, 1.165) is 0 Å². The van der Waals surface area contributed by atoms with Gasteiger partial charge in [0.05, 0.1) is 10.5 Å². The molecular formula is C19H19N3O6. The molecule has 0 spiro atoms. The van der Waals surface area contributed by atoms with Crippen molar-refractivity contribution in [2.24, 2.45) is 0 Å². The molecule has 0 aliphatic heterocycles. The number of carbonyl (C=O) groups is 3. The molecule has 0 heterocycles. The SMILES string of the molecule is CC(=O)Nc1ccc(NC(=O)[C@H](C)OC(=O)c2ccc([N+](=O)[O-])c(C)c2)cc1. The molecule has 2 aromatic rings. The lowest BCUT2D eigenvalue weighted by Gasteiger charge is -2.14. The van der Waals surface area contributed by atoms with Gasteiger partial charge in [0.25, 0.3) is 11.6 Å². The first kappa shape index (κ1) is 20.6. The highest BCUT2D eigenvalue weighted by Crippen LogP contribution is 2.20. The third kappa shape index (κ3) is 5.37. The van der Waals surface area contributed by atoms with E-state index < -0.39 is 22.9 Å². The van der Waals surface area contributed by atoms with Crippen LogP contribution in [0.3, 0.4) is 0 Å². The number of esters is 1. The second-order valence-corrected chi connectivity index (χ2v) is 6.05. The van der Waals surface area contributed by atoms with Crippen molar-refractivity contribution < 1.29 is 24.0 Å². The van der Waals surface area contributed by atoms with Crippen molar-refractivity contribution in [1.29, 1.82) is 0 Å². The predicted octanol–water partition coefficient (Wildman–Crippen LogP) is 3.05. The Kier molecular flexibility index (Phi) is 6.43. The summed E-state index contributed by atoms with van der Waals surface area (Å²) in [6, 6.07) is 10.3. The lowest BCUT2D eigenvalue weighted by atomic mass is 10.1. The van der Waals surface area contributed by atoms with Crippen molar-refractivity contribution in [1.82, 2.24) is 0 Å². The molecule has 146 valence electrons. The number of carbonyl (C=O) groups excluding carboxylic acids is 3. The first-order chi connectivity index (χ1) is 13.2. The van der Waals surface area contributed by atoms with Crippen LogP contribution in [0, 0.1) is 17.0 Å². The van der Waals surface area contributed by atoms with Crippen molar-refractivity contribution in [3.8, 4) is 0 Å². The fraction of sp³-hybridized carbons (Fsp3) is 0.211. The topological polar surface area (TPSA) is 128 Å². The average Bonchev–Trinajstić information content (AvgIpc) is 2.62. The number of rotatable bonds is 6. The van der Waals surface area contributed by atoms with Crippen molar-refractivity contribution >= 4 is 34.8 Å². The summed E-state index contributed by atoms with van der Waals surface area (Å²) in [4.78, 5) is 45.7. The van der Waals surface area contributed by atoms with Gasteiger partial charge in [0.2, 0.25) is 5.91 Å². The summed E-state index contributed by atoms with van der Waals surface area (Å²) in [7, 11) is 0. The zero-order chi connectivity index (χ0) is 20.8. The molecule has 0 aliphatic rings. The lowest BCUT2D eigenvalue weighted by molar-refractivity contribution is -0.385. The van der Waals surface area contributed by atoms with Crippen LogP contribution in [0.2, 0.25) is 0 Å². The van der Waals surface area contributed by atoms with Gasteiger partial charge in [-0.05, 0) is 50.2 Å². The first-order valence-corrected chi connectivity index (χ1v) is 8.32. The van der Waals surface area contributed by atoms with Gasteiger partial charge in [-0.1, -0.05) is 0 Å². The van der Waals surface area contributed by atoms with Crippen molar-refractivity contribution in [3.63, 3.8) is 0 Å². The number of nitrogens with zero attached hydrogens (tertiary/aromatic N) is 1. The summed E-state index contributed by atoms with van der Waals surface area (Å²) in [5.41, 5.74) is 1.37. The lowest BCUT2D eigenvalue weighted by Crippen LogP contribution is -2.30. The van der Waals surface area contributed by atoms with Crippen LogP contribution in [-0.4, -0.2) is 28.8 Å². The quantitative estimate of drug-likeness (QED) is 0.447.